The van der Waals surface area contributed by atoms with E-state index in [0.29, 0.717) is 30.1 Å². The van der Waals surface area contributed by atoms with Gasteiger partial charge in [-0.2, -0.15) is 4.31 Å². The van der Waals surface area contributed by atoms with E-state index in [1.54, 1.807) is 28.4 Å². The molecule has 0 N–H and O–H groups in total. The second-order valence-corrected chi connectivity index (χ2v) is 10.2. The van der Waals surface area contributed by atoms with Gasteiger partial charge in [0, 0.05) is 32.2 Å². The van der Waals surface area contributed by atoms with Crippen LogP contribution in [0.4, 0.5) is 0 Å². The van der Waals surface area contributed by atoms with Crippen LogP contribution in [0.1, 0.15) is 35.2 Å². The van der Waals surface area contributed by atoms with Gasteiger partial charge in [0.05, 0.1) is 4.90 Å². The standard InChI is InChI=1S/C26H28N2O3S/c1-27(20-21-9-4-2-5-10-21)26(29)24-12-8-11-23(19-24)22-13-15-25(16-14-22)32(30,31)28-17-6-3-7-18-28/h2,4-5,8-16,19H,3,6-7,17-18,20H2,1H3. The number of piperidine rings is 1. The predicted octanol–water partition coefficient (Wildman–Crippen LogP) is 4.80. The summed E-state index contributed by atoms with van der Waals surface area (Å²) in [5.74, 6) is -0.0556. The van der Waals surface area contributed by atoms with Crippen molar-refractivity contribution in [2.24, 2.45) is 0 Å². The first-order valence-electron chi connectivity index (χ1n) is 11.0. The quantitative estimate of drug-likeness (QED) is 0.544. The molecule has 0 bridgehead atoms. The molecular formula is C26H28N2O3S. The zero-order chi connectivity index (χ0) is 22.6. The second kappa shape index (κ2) is 9.67. The van der Waals surface area contributed by atoms with E-state index in [9.17, 15) is 13.2 Å². The smallest absolute Gasteiger partial charge is 0.253 e. The Bertz CT molecular complexity index is 1170. The average Bonchev–Trinajstić information content (AvgIpc) is 2.85. The van der Waals surface area contributed by atoms with Gasteiger partial charge in [0.2, 0.25) is 10.0 Å². The highest BCUT2D eigenvalue weighted by Crippen LogP contribution is 2.25. The van der Waals surface area contributed by atoms with Gasteiger partial charge in [-0.15, -0.1) is 0 Å². The predicted molar refractivity (Wildman–Crippen MR) is 127 cm³/mol. The van der Waals surface area contributed by atoms with E-state index in [1.165, 1.54) is 0 Å². The molecule has 1 saturated heterocycles. The minimum atomic E-state index is -3.45. The van der Waals surface area contributed by atoms with Gasteiger partial charge in [-0.25, -0.2) is 8.42 Å². The molecule has 1 amide bonds. The number of hydrogen-bond donors (Lipinski definition) is 0. The van der Waals surface area contributed by atoms with Crippen LogP contribution in [0.25, 0.3) is 11.1 Å². The van der Waals surface area contributed by atoms with Gasteiger partial charge in [0.25, 0.3) is 5.91 Å². The molecule has 4 rings (SSSR count). The van der Waals surface area contributed by atoms with Crippen molar-refractivity contribution < 1.29 is 13.2 Å². The van der Waals surface area contributed by atoms with Gasteiger partial charge in [-0.05, 0) is 53.8 Å². The summed E-state index contributed by atoms with van der Waals surface area (Å²) >= 11 is 0. The van der Waals surface area contributed by atoms with E-state index in [-0.39, 0.29) is 5.91 Å². The molecule has 3 aromatic rings. The zero-order valence-corrected chi connectivity index (χ0v) is 19.1. The van der Waals surface area contributed by atoms with Crippen molar-refractivity contribution in [3.63, 3.8) is 0 Å². The van der Waals surface area contributed by atoms with Crippen molar-refractivity contribution in [1.82, 2.24) is 9.21 Å². The second-order valence-electron chi connectivity index (χ2n) is 8.22. The topological polar surface area (TPSA) is 57.7 Å². The summed E-state index contributed by atoms with van der Waals surface area (Å²) in [5.41, 5.74) is 3.43. The molecule has 0 radical (unpaired) electrons. The molecule has 166 valence electrons. The van der Waals surface area contributed by atoms with Crippen LogP contribution in [-0.2, 0) is 16.6 Å². The first kappa shape index (κ1) is 22.2. The van der Waals surface area contributed by atoms with Crippen molar-refractivity contribution in [2.75, 3.05) is 20.1 Å². The van der Waals surface area contributed by atoms with Crippen molar-refractivity contribution in [1.29, 1.82) is 0 Å². The van der Waals surface area contributed by atoms with Gasteiger partial charge in [-0.1, -0.05) is 61.0 Å². The van der Waals surface area contributed by atoms with Crippen molar-refractivity contribution in [2.45, 2.75) is 30.7 Å². The van der Waals surface area contributed by atoms with Gasteiger partial charge >= 0.3 is 0 Å². The van der Waals surface area contributed by atoms with Crippen LogP contribution in [-0.4, -0.2) is 43.7 Å². The van der Waals surface area contributed by atoms with Gasteiger partial charge in [0.15, 0.2) is 0 Å². The van der Waals surface area contributed by atoms with Crippen LogP contribution in [0.3, 0.4) is 0 Å². The maximum Gasteiger partial charge on any atom is 0.253 e. The molecule has 0 spiro atoms. The highest BCUT2D eigenvalue weighted by molar-refractivity contribution is 7.89. The number of sulfonamides is 1. The van der Waals surface area contributed by atoms with E-state index in [1.807, 2.05) is 66.7 Å². The lowest BCUT2D eigenvalue weighted by Gasteiger charge is -2.25. The van der Waals surface area contributed by atoms with Crippen LogP contribution >= 0.6 is 0 Å². The monoisotopic (exact) mass is 448 g/mol. The highest BCUT2D eigenvalue weighted by Gasteiger charge is 2.25. The molecule has 32 heavy (non-hydrogen) atoms. The number of benzene rings is 3. The average molecular weight is 449 g/mol. The van der Waals surface area contributed by atoms with Crippen LogP contribution < -0.4 is 0 Å². The minimum absolute atomic E-state index is 0.0556. The summed E-state index contributed by atoms with van der Waals surface area (Å²) in [6.07, 6.45) is 2.91. The maximum atomic E-state index is 12.9. The van der Waals surface area contributed by atoms with Gasteiger partial charge in [-0.3, -0.25) is 4.79 Å². The summed E-state index contributed by atoms with van der Waals surface area (Å²) in [7, 11) is -1.66. The van der Waals surface area contributed by atoms with Crippen molar-refractivity contribution >= 4 is 15.9 Å². The van der Waals surface area contributed by atoms with Crippen molar-refractivity contribution in [3.8, 4) is 11.1 Å². The van der Waals surface area contributed by atoms with E-state index >= 15 is 0 Å². The normalized spacial score (nSPS) is 14.8. The molecule has 0 saturated carbocycles. The molecule has 1 fully saturated rings. The molecule has 1 aliphatic rings. The summed E-state index contributed by atoms with van der Waals surface area (Å²) in [6.45, 7) is 1.71. The lowest BCUT2D eigenvalue weighted by molar-refractivity contribution is 0.0785. The largest absolute Gasteiger partial charge is 0.337 e. The molecule has 6 heteroatoms. The first-order valence-corrected chi connectivity index (χ1v) is 12.4. The SMILES string of the molecule is CN(Cc1ccccc1)C(=O)c1cccc(-c2ccc(S(=O)(=O)N3CCCCC3)cc2)c1. The van der Waals surface area contributed by atoms with Crippen LogP contribution in [0.15, 0.2) is 83.8 Å². The van der Waals surface area contributed by atoms with Crippen LogP contribution in [0, 0.1) is 0 Å². The third-order valence-electron chi connectivity index (χ3n) is 5.86. The fourth-order valence-electron chi connectivity index (χ4n) is 4.05. The lowest BCUT2D eigenvalue weighted by Crippen LogP contribution is -2.35. The Kier molecular flexibility index (Phi) is 6.72. The molecule has 0 unspecified atom stereocenters. The Morgan fingerprint density at radius 1 is 0.844 bits per heavy atom. The van der Waals surface area contributed by atoms with Gasteiger partial charge in [0.1, 0.15) is 0 Å². The number of hydrogen-bond acceptors (Lipinski definition) is 3. The van der Waals surface area contributed by atoms with Gasteiger partial charge < -0.3 is 4.90 Å². The summed E-state index contributed by atoms with van der Waals surface area (Å²) in [5, 5.41) is 0. The summed E-state index contributed by atoms with van der Waals surface area (Å²) in [4.78, 5) is 14.9. The third kappa shape index (κ3) is 4.92. The Morgan fingerprint density at radius 2 is 1.53 bits per heavy atom. The molecule has 0 aromatic heterocycles. The summed E-state index contributed by atoms with van der Waals surface area (Å²) in [6, 6.07) is 24.3. The molecule has 5 nitrogen and oxygen atoms in total. The molecule has 0 atom stereocenters. The van der Waals surface area contributed by atoms with E-state index in [4.69, 9.17) is 0 Å². The fraction of sp³-hybridized carbons (Fsp3) is 0.269. The molecule has 0 aliphatic carbocycles. The molecule has 1 aliphatic heterocycles. The molecular weight excluding hydrogens is 420 g/mol. The highest BCUT2D eigenvalue weighted by atomic mass is 32.2. The van der Waals surface area contributed by atoms with E-state index < -0.39 is 10.0 Å². The molecule has 1 heterocycles. The molecule has 3 aromatic carbocycles. The Balaban J connectivity index is 1.51. The maximum absolute atomic E-state index is 12.9. The number of carbonyl (C=O) groups excluding carboxylic acids is 1. The summed E-state index contributed by atoms with van der Waals surface area (Å²) < 4.78 is 27.3. The Labute approximate surface area is 190 Å². The fourth-order valence-corrected chi connectivity index (χ4v) is 5.57. The number of amides is 1. The Hall–Kier alpha value is -2.96. The first-order chi connectivity index (χ1) is 15.4. The number of nitrogens with zero attached hydrogens (tertiary/aromatic N) is 2. The number of rotatable bonds is 6. The lowest BCUT2D eigenvalue weighted by atomic mass is 10.0. The number of carbonyl (C=O) groups is 1. The minimum Gasteiger partial charge on any atom is -0.337 e. The van der Waals surface area contributed by atoms with Crippen LogP contribution in [0.5, 0.6) is 0 Å². The van der Waals surface area contributed by atoms with E-state index in [2.05, 4.69) is 0 Å². The zero-order valence-electron chi connectivity index (χ0n) is 18.3. The van der Waals surface area contributed by atoms with Crippen molar-refractivity contribution in [3.05, 3.63) is 90.0 Å². The Morgan fingerprint density at radius 3 is 2.22 bits per heavy atom. The third-order valence-corrected chi connectivity index (χ3v) is 7.77. The van der Waals surface area contributed by atoms with Crippen LogP contribution in [0.2, 0.25) is 0 Å². The van der Waals surface area contributed by atoms with E-state index in [0.717, 1.165) is 36.0 Å².